The summed E-state index contributed by atoms with van der Waals surface area (Å²) in [5, 5.41) is 0. The van der Waals surface area contributed by atoms with Crippen molar-refractivity contribution in [1.29, 1.82) is 0 Å². The van der Waals surface area contributed by atoms with Crippen molar-refractivity contribution in [3.63, 3.8) is 0 Å². The topological polar surface area (TPSA) is 285 Å². The Kier molecular flexibility index (Phi) is 14.0. The molecule has 12 N–H and O–H groups in total. The maximum atomic E-state index is 7.26. The van der Waals surface area contributed by atoms with E-state index in [-0.39, 0.29) is 44.3 Å². The molecule has 20 unspecified atom stereocenters. The van der Waals surface area contributed by atoms with Crippen molar-refractivity contribution in [3.8, 4) is 0 Å². The number of ether oxygens (including phenoxy) is 14. The van der Waals surface area contributed by atoms with Gasteiger partial charge in [0.25, 0.3) is 0 Å². The highest BCUT2D eigenvalue weighted by molar-refractivity contribution is 5.08. The molecule has 12 aliphatic rings. The fraction of sp³-hybridized carbons (Fsp3) is 1.00. The van der Waals surface area contributed by atoms with Gasteiger partial charge in [-0.3, -0.25) is 0 Å². The van der Waals surface area contributed by atoms with Crippen molar-refractivity contribution in [2.45, 2.75) is 286 Å². The van der Waals surface area contributed by atoms with E-state index in [4.69, 9.17) is 101 Å². The van der Waals surface area contributed by atoms with Crippen LogP contribution in [0.25, 0.3) is 0 Å². The third-order valence-corrected chi connectivity index (χ3v) is 18.1. The van der Waals surface area contributed by atoms with Gasteiger partial charge in [-0.15, -0.1) is 0 Å². The quantitative estimate of drug-likeness (QED) is 0.189. The molecule has 4 spiro atoms. The lowest BCUT2D eigenvalue weighted by molar-refractivity contribution is -0.403. The molecule has 6 aliphatic heterocycles. The summed E-state index contributed by atoms with van der Waals surface area (Å²) >= 11 is 0. The van der Waals surface area contributed by atoms with E-state index >= 15 is 0 Å². The smallest absolute Gasteiger partial charge is 0.176 e. The number of nitrogens with two attached hydrogens (primary N) is 6. The second kappa shape index (κ2) is 19.7. The Morgan fingerprint density at radius 3 is 1.07 bits per heavy atom. The van der Waals surface area contributed by atoms with E-state index < -0.39 is 121 Å². The lowest BCUT2D eigenvalue weighted by Crippen LogP contribution is -2.71. The van der Waals surface area contributed by atoms with Crippen LogP contribution >= 0.6 is 0 Å². The van der Waals surface area contributed by atoms with Crippen LogP contribution in [0.2, 0.25) is 0 Å². The van der Waals surface area contributed by atoms with Crippen LogP contribution in [0.1, 0.15) is 141 Å². The Morgan fingerprint density at radius 1 is 0.362 bits per heavy atom. The van der Waals surface area contributed by atoms with Crippen LogP contribution in [0.5, 0.6) is 0 Å². The summed E-state index contributed by atoms with van der Waals surface area (Å²) in [4.78, 5) is 0. The highest BCUT2D eigenvalue weighted by atomic mass is 16.8. The summed E-state index contributed by atoms with van der Waals surface area (Å²) in [5.74, 6) is -2.88. The predicted molar refractivity (Wildman–Crippen MR) is 243 cm³/mol. The molecular weight excluding hydrogens is 897 g/mol. The minimum atomic E-state index is -0.954. The van der Waals surface area contributed by atoms with Crippen LogP contribution in [0.3, 0.4) is 0 Å². The third kappa shape index (κ3) is 9.31. The first-order chi connectivity index (χ1) is 33.4. The highest BCUT2D eigenvalue weighted by Crippen LogP contribution is 2.49. The summed E-state index contributed by atoms with van der Waals surface area (Å²) in [6.07, 6.45) is 11.4. The zero-order chi connectivity index (χ0) is 47.1. The molecule has 0 aromatic rings. The van der Waals surface area contributed by atoms with E-state index in [1.807, 2.05) is 0 Å². The van der Waals surface area contributed by atoms with Crippen molar-refractivity contribution >= 4 is 0 Å². The van der Waals surface area contributed by atoms with Crippen LogP contribution < -0.4 is 34.4 Å². The average Bonchev–Trinajstić information content (AvgIpc) is 3.91. The van der Waals surface area contributed by atoms with Crippen molar-refractivity contribution < 1.29 is 66.3 Å². The Hall–Kier alpha value is -0.800. The highest BCUT2D eigenvalue weighted by Gasteiger charge is 2.62. The third-order valence-electron chi connectivity index (χ3n) is 18.1. The van der Waals surface area contributed by atoms with Gasteiger partial charge >= 0.3 is 0 Å². The van der Waals surface area contributed by atoms with Gasteiger partial charge in [-0.2, -0.15) is 0 Å². The van der Waals surface area contributed by atoms with E-state index in [1.54, 1.807) is 0 Å². The maximum Gasteiger partial charge on any atom is 0.176 e. The van der Waals surface area contributed by atoms with Gasteiger partial charge < -0.3 is 101 Å². The molecular formula is C49H82N6O14. The fourth-order valence-electron chi connectivity index (χ4n) is 14.5. The van der Waals surface area contributed by atoms with Crippen molar-refractivity contribution in [1.82, 2.24) is 0 Å². The molecule has 6 saturated heterocycles. The number of fused-ring (bicyclic) bond motifs is 4. The molecule has 6 heterocycles. The molecule has 0 aromatic heterocycles. The molecule has 0 bridgehead atoms. The van der Waals surface area contributed by atoms with Gasteiger partial charge in [0.1, 0.15) is 80.0 Å². The summed E-state index contributed by atoms with van der Waals surface area (Å²) in [7, 11) is 0. The van der Waals surface area contributed by atoms with Gasteiger partial charge in [-0.05, 0) is 64.2 Å². The van der Waals surface area contributed by atoms with E-state index in [0.29, 0.717) is 12.8 Å². The molecule has 69 heavy (non-hydrogen) atoms. The predicted octanol–water partition coefficient (Wildman–Crippen LogP) is 1.75. The van der Waals surface area contributed by atoms with E-state index in [0.717, 1.165) is 128 Å². The Balaban J connectivity index is 0.786. The zero-order valence-corrected chi connectivity index (χ0v) is 40.4. The molecule has 392 valence electrons. The first-order valence-electron chi connectivity index (χ1n) is 27.2. The van der Waals surface area contributed by atoms with Crippen molar-refractivity contribution in [2.24, 2.45) is 34.4 Å². The molecule has 20 nitrogen and oxygen atoms in total. The van der Waals surface area contributed by atoms with Gasteiger partial charge in [0, 0.05) is 75.5 Å². The van der Waals surface area contributed by atoms with Gasteiger partial charge in [0.15, 0.2) is 35.7 Å². The second-order valence-corrected chi connectivity index (χ2v) is 23.0. The van der Waals surface area contributed by atoms with Crippen LogP contribution in [0.15, 0.2) is 0 Å². The molecule has 20 atom stereocenters. The van der Waals surface area contributed by atoms with Crippen LogP contribution in [0.4, 0.5) is 0 Å². The summed E-state index contributed by atoms with van der Waals surface area (Å²) in [5.41, 5.74) is 41.7. The average molecular weight is 979 g/mol. The monoisotopic (exact) mass is 979 g/mol. The number of rotatable bonds is 8. The summed E-state index contributed by atoms with van der Waals surface area (Å²) in [6, 6.07) is -3.13. The molecule has 6 aliphatic carbocycles. The molecule has 0 aromatic carbocycles. The summed E-state index contributed by atoms with van der Waals surface area (Å²) < 4.78 is 94.8. The zero-order valence-electron chi connectivity index (χ0n) is 40.4. The lowest BCUT2D eigenvalue weighted by atomic mass is 9.84. The van der Waals surface area contributed by atoms with E-state index in [9.17, 15) is 0 Å². The minimum absolute atomic E-state index is 0.207. The Labute approximate surface area is 406 Å². The number of hydrogen-bond acceptors (Lipinski definition) is 20. The first kappa shape index (κ1) is 49.1. The van der Waals surface area contributed by atoms with E-state index in [1.165, 1.54) is 0 Å². The van der Waals surface area contributed by atoms with Gasteiger partial charge in [-0.25, -0.2) is 0 Å². The molecule has 6 saturated carbocycles. The molecule has 0 radical (unpaired) electrons. The number of hydrogen-bond donors (Lipinski definition) is 6. The molecule has 0 amide bonds. The standard InChI is InChI=1S/C49H82N6O14/c50-26-21-28(52)36-42(68-48(64-36)17-9-3-10-18-48)34(26)62-44-32(54)40(38-30(60-44)23-58-46(66-38)13-5-1-6-14-46)56-25-57-41-33(55)45(61-31-24-59-47(67-39(31)41)15-7-2-8-16-47)63-35-27(51)22-29(53)37-43(35)69-49(65-37)19-11-4-12-20-49/h26-45H,1-25,50-55H2. The lowest BCUT2D eigenvalue weighted by Gasteiger charge is -2.54. The largest absolute Gasteiger partial charge is 0.348 e. The van der Waals surface area contributed by atoms with Crippen LogP contribution in [0, 0.1) is 0 Å². The molecule has 20 heteroatoms. The first-order valence-corrected chi connectivity index (χ1v) is 27.2. The second-order valence-electron chi connectivity index (χ2n) is 23.0. The maximum absolute atomic E-state index is 7.26. The molecule has 12 fully saturated rings. The van der Waals surface area contributed by atoms with E-state index in [2.05, 4.69) is 0 Å². The van der Waals surface area contributed by atoms with Gasteiger partial charge in [-0.1, -0.05) is 25.7 Å². The Bertz CT molecular complexity index is 1630. The summed E-state index contributed by atoms with van der Waals surface area (Å²) in [6.45, 7) is 0.356. The normalized spacial score (nSPS) is 49.8. The minimum Gasteiger partial charge on any atom is -0.348 e. The SMILES string of the molecule is NC1CC(N)C2OC3(CCCCC3)OC2C1OC1OC2COC3(CCCCC3)OC2C(OCOC2C(N)C(OC3C(N)CC(N)C4OC5(CCCCC5)OC34)OC3COC4(CCCCC4)OC32)C1N. The van der Waals surface area contributed by atoms with Crippen molar-refractivity contribution in [3.05, 3.63) is 0 Å². The Morgan fingerprint density at radius 2 is 0.696 bits per heavy atom. The fourth-order valence-corrected chi connectivity index (χ4v) is 14.5. The van der Waals surface area contributed by atoms with Crippen LogP contribution in [-0.2, 0) is 66.3 Å². The molecule has 12 rings (SSSR count). The van der Waals surface area contributed by atoms with Gasteiger partial charge in [0.05, 0.1) is 25.3 Å². The van der Waals surface area contributed by atoms with Crippen LogP contribution in [-0.4, -0.2) is 165 Å². The van der Waals surface area contributed by atoms with Gasteiger partial charge in [0.2, 0.25) is 0 Å². The van der Waals surface area contributed by atoms with Crippen molar-refractivity contribution in [2.75, 3.05) is 20.0 Å².